The van der Waals surface area contributed by atoms with Crippen molar-refractivity contribution in [3.05, 3.63) is 23.7 Å². The molecular formula is C15H22N2O2. The van der Waals surface area contributed by atoms with Crippen LogP contribution in [0.1, 0.15) is 41.8 Å². The topological polar surface area (TPSA) is 36.7 Å². The van der Waals surface area contributed by atoms with Crippen LogP contribution in [0.4, 0.5) is 0 Å². The average molecular weight is 262 g/mol. The fraction of sp³-hybridized carbons (Fsp3) is 0.667. The molecule has 0 unspecified atom stereocenters. The van der Waals surface area contributed by atoms with E-state index < -0.39 is 0 Å². The fourth-order valence-corrected chi connectivity index (χ4v) is 3.63. The first kappa shape index (κ1) is 12.7. The van der Waals surface area contributed by atoms with Crippen LogP contribution in [0.3, 0.4) is 0 Å². The number of carbonyl (C=O) groups is 1. The highest BCUT2D eigenvalue weighted by Crippen LogP contribution is 2.30. The predicted molar refractivity (Wildman–Crippen MR) is 73.2 cm³/mol. The van der Waals surface area contributed by atoms with Crippen molar-refractivity contribution in [1.29, 1.82) is 0 Å². The first-order chi connectivity index (χ1) is 9.18. The van der Waals surface area contributed by atoms with Crippen molar-refractivity contribution >= 4 is 5.91 Å². The van der Waals surface area contributed by atoms with E-state index >= 15 is 0 Å². The van der Waals surface area contributed by atoms with Crippen LogP contribution < -0.4 is 0 Å². The Hall–Kier alpha value is -1.29. The zero-order valence-electron chi connectivity index (χ0n) is 11.8. The number of carbonyl (C=O) groups excluding carboxylic acids is 1. The van der Waals surface area contributed by atoms with E-state index in [9.17, 15) is 4.79 Å². The molecular weight excluding hydrogens is 240 g/mol. The molecule has 104 valence electrons. The van der Waals surface area contributed by atoms with Crippen molar-refractivity contribution in [2.75, 3.05) is 20.1 Å². The molecule has 0 aromatic carbocycles. The van der Waals surface area contributed by atoms with Gasteiger partial charge in [-0.05, 0) is 52.3 Å². The van der Waals surface area contributed by atoms with Crippen LogP contribution >= 0.6 is 0 Å². The van der Waals surface area contributed by atoms with Crippen molar-refractivity contribution in [3.63, 3.8) is 0 Å². The zero-order valence-corrected chi connectivity index (χ0v) is 11.8. The van der Waals surface area contributed by atoms with Crippen LogP contribution in [-0.4, -0.2) is 47.9 Å². The van der Waals surface area contributed by atoms with Gasteiger partial charge < -0.3 is 14.2 Å². The second-order valence-corrected chi connectivity index (χ2v) is 5.79. The first-order valence-electron chi connectivity index (χ1n) is 7.24. The molecule has 2 atom stereocenters. The lowest BCUT2D eigenvalue weighted by atomic mass is 10.0. The van der Waals surface area contributed by atoms with Gasteiger partial charge in [0.25, 0.3) is 5.91 Å². The summed E-state index contributed by atoms with van der Waals surface area (Å²) < 4.78 is 5.27. The van der Waals surface area contributed by atoms with Crippen LogP contribution in [0.25, 0.3) is 0 Å². The molecule has 1 amide bonds. The lowest BCUT2D eigenvalue weighted by Crippen LogP contribution is -2.47. The molecule has 4 heteroatoms. The summed E-state index contributed by atoms with van der Waals surface area (Å²) in [6.45, 7) is 3.91. The Morgan fingerprint density at radius 1 is 1.26 bits per heavy atom. The van der Waals surface area contributed by atoms with Gasteiger partial charge in [-0.25, -0.2) is 0 Å². The average Bonchev–Trinajstić information content (AvgIpc) is 3.07. The van der Waals surface area contributed by atoms with Crippen molar-refractivity contribution in [2.45, 2.75) is 44.7 Å². The minimum absolute atomic E-state index is 0.147. The number of rotatable bonds is 2. The summed E-state index contributed by atoms with van der Waals surface area (Å²) in [5.41, 5.74) is 0.729. The summed E-state index contributed by atoms with van der Waals surface area (Å²) in [5, 5.41) is 0. The van der Waals surface area contributed by atoms with Crippen molar-refractivity contribution < 1.29 is 9.21 Å². The lowest BCUT2D eigenvalue weighted by Gasteiger charge is -2.33. The largest absolute Gasteiger partial charge is 0.469 e. The molecule has 0 aliphatic carbocycles. The van der Waals surface area contributed by atoms with E-state index in [1.54, 1.807) is 12.3 Å². The number of hydrogen-bond acceptors (Lipinski definition) is 3. The van der Waals surface area contributed by atoms with E-state index in [1.165, 1.54) is 12.8 Å². The zero-order chi connectivity index (χ0) is 13.4. The van der Waals surface area contributed by atoms with Gasteiger partial charge in [-0.15, -0.1) is 0 Å². The summed E-state index contributed by atoms with van der Waals surface area (Å²) in [6.07, 6.45) is 6.34. The maximum atomic E-state index is 12.7. The minimum Gasteiger partial charge on any atom is -0.469 e. The van der Waals surface area contributed by atoms with Gasteiger partial charge in [-0.1, -0.05) is 0 Å². The maximum absolute atomic E-state index is 12.7. The molecule has 2 saturated heterocycles. The second-order valence-electron chi connectivity index (χ2n) is 5.79. The third kappa shape index (κ3) is 2.18. The Labute approximate surface area is 114 Å². The predicted octanol–water partition coefficient (Wildman–Crippen LogP) is 2.29. The number of amides is 1. The molecule has 1 aromatic rings. The van der Waals surface area contributed by atoms with Gasteiger partial charge in [0.1, 0.15) is 5.76 Å². The Kier molecular flexibility index (Phi) is 3.35. The highest BCUT2D eigenvalue weighted by molar-refractivity contribution is 5.95. The van der Waals surface area contributed by atoms with Crippen LogP contribution in [0.5, 0.6) is 0 Å². The maximum Gasteiger partial charge on any atom is 0.257 e. The van der Waals surface area contributed by atoms with Crippen molar-refractivity contribution in [1.82, 2.24) is 9.80 Å². The summed E-state index contributed by atoms with van der Waals surface area (Å²) in [5.74, 6) is 0.879. The summed E-state index contributed by atoms with van der Waals surface area (Å²) in [7, 11) is 2.18. The fourth-order valence-electron chi connectivity index (χ4n) is 3.63. The van der Waals surface area contributed by atoms with Crippen LogP contribution in [0.2, 0.25) is 0 Å². The molecule has 19 heavy (non-hydrogen) atoms. The number of hydrogen-bond donors (Lipinski definition) is 0. The van der Waals surface area contributed by atoms with Gasteiger partial charge >= 0.3 is 0 Å². The van der Waals surface area contributed by atoms with Gasteiger partial charge in [0.05, 0.1) is 11.8 Å². The van der Waals surface area contributed by atoms with Crippen LogP contribution in [0, 0.1) is 6.92 Å². The third-order valence-electron chi connectivity index (χ3n) is 4.67. The normalized spacial score (nSPS) is 28.2. The second kappa shape index (κ2) is 5.00. The van der Waals surface area contributed by atoms with Crippen LogP contribution in [-0.2, 0) is 0 Å². The van der Waals surface area contributed by atoms with Gasteiger partial charge in [-0.2, -0.15) is 0 Å². The van der Waals surface area contributed by atoms with Crippen molar-refractivity contribution in [2.24, 2.45) is 0 Å². The molecule has 3 rings (SSSR count). The van der Waals surface area contributed by atoms with Gasteiger partial charge in [-0.3, -0.25) is 4.79 Å². The van der Waals surface area contributed by atoms with E-state index in [0.29, 0.717) is 12.1 Å². The molecule has 0 bridgehead atoms. The lowest BCUT2D eigenvalue weighted by molar-refractivity contribution is 0.0662. The number of likely N-dealkylation sites (N-methyl/N-ethyl adjacent to an activating group) is 1. The molecule has 3 heterocycles. The third-order valence-corrected chi connectivity index (χ3v) is 4.67. The molecule has 1 aromatic heterocycles. The highest BCUT2D eigenvalue weighted by Gasteiger charge is 2.39. The number of aryl methyl sites for hydroxylation is 1. The monoisotopic (exact) mass is 262 g/mol. The molecule has 0 saturated carbocycles. The van der Waals surface area contributed by atoms with Gasteiger partial charge in [0.15, 0.2) is 0 Å². The Balaban J connectivity index is 1.80. The summed E-state index contributed by atoms with van der Waals surface area (Å²) >= 11 is 0. The molecule has 0 spiro atoms. The molecule has 4 nitrogen and oxygen atoms in total. The highest BCUT2D eigenvalue weighted by atomic mass is 16.3. The minimum atomic E-state index is 0.147. The Morgan fingerprint density at radius 3 is 2.63 bits per heavy atom. The Bertz CT molecular complexity index is 468. The van der Waals surface area contributed by atoms with E-state index in [2.05, 4.69) is 16.8 Å². The first-order valence-corrected chi connectivity index (χ1v) is 7.24. The standard InChI is InChI=1S/C15H22N2O2/c1-11-12(7-10-19-11)15(18)17-9-4-6-14(17)13-5-3-8-16(13)2/h7,10,13-14H,3-6,8-9H2,1-2H3/t13-,14+/m1/s1. The number of likely N-dealkylation sites (tertiary alicyclic amines) is 2. The van der Waals surface area contributed by atoms with E-state index in [-0.39, 0.29) is 5.91 Å². The molecule has 2 fully saturated rings. The van der Waals surface area contributed by atoms with E-state index in [0.717, 1.165) is 37.3 Å². The van der Waals surface area contributed by atoms with Crippen molar-refractivity contribution in [3.8, 4) is 0 Å². The van der Waals surface area contributed by atoms with Gasteiger partial charge in [0, 0.05) is 18.6 Å². The molecule has 0 radical (unpaired) electrons. The SMILES string of the molecule is Cc1occc1C(=O)N1CCC[C@H]1[C@H]1CCCN1C. The molecule has 2 aliphatic rings. The van der Waals surface area contributed by atoms with E-state index in [4.69, 9.17) is 4.42 Å². The molecule has 0 N–H and O–H groups in total. The smallest absolute Gasteiger partial charge is 0.257 e. The summed E-state index contributed by atoms with van der Waals surface area (Å²) in [4.78, 5) is 17.1. The summed E-state index contributed by atoms with van der Waals surface area (Å²) in [6, 6.07) is 2.72. The van der Waals surface area contributed by atoms with Gasteiger partial charge in [0.2, 0.25) is 0 Å². The van der Waals surface area contributed by atoms with E-state index in [1.807, 2.05) is 6.92 Å². The Morgan fingerprint density at radius 2 is 2.00 bits per heavy atom. The number of nitrogens with zero attached hydrogens (tertiary/aromatic N) is 2. The quantitative estimate of drug-likeness (QED) is 0.820. The number of furan rings is 1. The molecule has 2 aliphatic heterocycles. The van der Waals surface area contributed by atoms with Crippen LogP contribution in [0.15, 0.2) is 16.7 Å².